The van der Waals surface area contributed by atoms with E-state index in [2.05, 4.69) is 15.2 Å². The molecular formula is C19H24N4O3S. The quantitative estimate of drug-likeness (QED) is 0.851. The van der Waals surface area contributed by atoms with Crippen molar-refractivity contribution in [1.82, 2.24) is 9.29 Å². The number of piperidine rings is 1. The fourth-order valence-corrected chi connectivity index (χ4v) is 3.86. The number of rotatable bonds is 5. The highest BCUT2D eigenvalue weighted by Crippen LogP contribution is 2.20. The van der Waals surface area contributed by atoms with Crippen molar-refractivity contribution in [2.24, 2.45) is 0 Å². The van der Waals surface area contributed by atoms with E-state index in [9.17, 15) is 13.2 Å². The summed E-state index contributed by atoms with van der Waals surface area (Å²) in [6, 6.07) is 9.61. The molecule has 1 fully saturated rings. The first-order valence-corrected chi connectivity index (χ1v) is 10.4. The lowest BCUT2D eigenvalue weighted by Gasteiger charge is -2.27. The van der Waals surface area contributed by atoms with Crippen LogP contribution < -0.4 is 10.2 Å². The number of hydrogen-bond acceptors (Lipinski definition) is 5. The minimum atomic E-state index is -3.51. The van der Waals surface area contributed by atoms with Crippen LogP contribution in [-0.4, -0.2) is 50.8 Å². The SMILES string of the molecule is CN(C)S(=O)(=O)c1ccc(C(=O)Nc2ccc(N3CCCCC3)nc2)cc1. The second kappa shape index (κ2) is 8.06. The molecule has 3 rings (SSSR count). The number of sulfonamides is 1. The van der Waals surface area contributed by atoms with Crippen LogP contribution in [0.15, 0.2) is 47.5 Å². The smallest absolute Gasteiger partial charge is 0.255 e. The zero-order chi connectivity index (χ0) is 19.4. The predicted octanol–water partition coefficient (Wildman–Crippen LogP) is 2.57. The van der Waals surface area contributed by atoms with Gasteiger partial charge in [0.1, 0.15) is 5.82 Å². The molecule has 144 valence electrons. The predicted molar refractivity (Wildman–Crippen MR) is 106 cm³/mol. The molecule has 0 atom stereocenters. The standard InChI is InChI=1S/C19H24N4O3S/c1-22(2)27(25,26)17-9-6-15(7-10-17)19(24)21-16-8-11-18(20-14-16)23-12-4-3-5-13-23/h6-11,14H,3-5,12-13H2,1-2H3,(H,21,24). The summed E-state index contributed by atoms with van der Waals surface area (Å²) in [6.45, 7) is 2.03. The Kier molecular flexibility index (Phi) is 5.76. The molecule has 0 radical (unpaired) electrons. The average molecular weight is 388 g/mol. The van der Waals surface area contributed by atoms with Gasteiger partial charge in [0.05, 0.1) is 16.8 Å². The first kappa shape index (κ1) is 19.3. The molecule has 0 bridgehead atoms. The second-order valence-electron chi connectivity index (χ2n) is 6.72. The Morgan fingerprint density at radius 3 is 2.26 bits per heavy atom. The zero-order valence-corrected chi connectivity index (χ0v) is 16.4. The second-order valence-corrected chi connectivity index (χ2v) is 8.87. The van der Waals surface area contributed by atoms with Gasteiger partial charge in [0.25, 0.3) is 5.91 Å². The Labute approximate surface area is 160 Å². The number of anilines is 2. The maximum Gasteiger partial charge on any atom is 0.255 e. The molecule has 8 heteroatoms. The van der Waals surface area contributed by atoms with Crippen LogP contribution in [0.2, 0.25) is 0 Å². The average Bonchev–Trinajstić information content (AvgIpc) is 2.69. The Hall–Kier alpha value is -2.45. The first-order chi connectivity index (χ1) is 12.9. The Balaban J connectivity index is 1.66. The molecule has 0 spiro atoms. The van der Waals surface area contributed by atoms with E-state index >= 15 is 0 Å². The van der Waals surface area contributed by atoms with Crippen LogP contribution >= 0.6 is 0 Å². The van der Waals surface area contributed by atoms with Gasteiger partial charge in [0, 0.05) is 32.7 Å². The summed E-state index contributed by atoms with van der Waals surface area (Å²) < 4.78 is 25.3. The molecule has 1 aromatic heterocycles. The maximum atomic E-state index is 12.4. The van der Waals surface area contributed by atoms with Crippen molar-refractivity contribution in [3.8, 4) is 0 Å². The highest BCUT2D eigenvalue weighted by atomic mass is 32.2. The van der Waals surface area contributed by atoms with E-state index in [-0.39, 0.29) is 10.8 Å². The molecule has 1 amide bonds. The van der Waals surface area contributed by atoms with Gasteiger partial charge in [-0.25, -0.2) is 17.7 Å². The van der Waals surface area contributed by atoms with Crippen LogP contribution in [0.4, 0.5) is 11.5 Å². The summed E-state index contributed by atoms with van der Waals surface area (Å²) >= 11 is 0. The van der Waals surface area contributed by atoms with Gasteiger partial charge in [-0.2, -0.15) is 0 Å². The third-order valence-corrected chi connectivity index (χ3v) is 6.41. The summed E-state index contributed by atoms with van der Waals surface area (Å²) in [5.41, 5.74) is 0.985. The van der Waals surface area contributed by atoms with Gasteiger partial charge in [-0.05, 0) is 55.7 Å². The number of nitrogens with one attached hydrogen (secondary N) is 1. The van der Waals surface area contributed by atoms with Crippen LogP contribution in [0, 0.1) is 0 Å². The third kappa shape index (κ3) is 4.45. The molecule has 2 heterocycles. The van der Waals surface area contributed by atoms with Crippen LogP contribution in [0.1, 0.15) is 29.6 Å². The number of hydrogen-bond donors (Lipinski definition) is 1. The molecule has 1 aliphatic rings. The van der Waals surface area contributed by atoms with Crippen molar-refractivity contribution < 1.29 is 13.2 Å². The normalized spacial score (nSPS) is 15.0. The number of pyridine rings is 1. The summed E-state index contributed by atoms with van der Waals surface area (Å²) in [7, 11) is -0.569. The van der Waals surface area contributed by atoms with Gasteiger partial charge in [-0.1, -0.05) is 0 Å². The fraction of sp³-hybridized carbons (Fsp3) is 0.368. The highest BCUT2D eigenvalue weighted by Gasteiger charge is 2.18. The molecule has 2 aromatic rings. The van der Waals surface area contributed by atoms with E-state index in [1.165, 1.54) is 57.6 Å². The van der Waals surface area contributed by atoms with Crippen molar-refractivity contribution >= 4 is 27.4 Å². The van der Waals surface area contributed by atoms with Crippen molar-refractivity contribution in [3.63, 3.8) is 0 Å². The number of benzene rings is 1. The van der Waals surface area contributed by atoms with Gasteiger partial charge in [-0.3, -0.25) is 4.79 Å². The van der Waals surface area contributed by atoms with Crippen molar-refractivity contribution in [2.45, 2.75) is 24.2 Å². The van der Waals surface area contributed by atoms with E-state index in [0.717, 1.165) is 23.2 Å². The number of carbonyl (C=O) groups excluding carboxylic acids is 1. The van der Waals surface area contributed by atoms with Crippen molar-refractivity contribution in [1.29, 1.82) is 0 Å². The van der Waals surface area contributed by atoms with Crippen LogP contribution in [0.3, 0.4) is 0 Å². The number of aromatic nitrogens is 1. The largest absolute Gasteiger partial charge is 0.357 e. The minimum absolute atomic E-state index is 0.150. The summed E-state index contributed by atoms with van der Waals surface area (Å²) in [5.74, 6) is 0.613. The molecule has 1 N–H and O–H groups in total. The van der Waals surface area contributed by atoms with Crippen LogP contribution in [0.25, 0.3) is 0 Å². The van der Waals surface area contributed by atoms with Gasteiger partial charge >= 0.3 is 0 Å². The van der Waals surface area contributed by atoms with E-state index in [1.54, 1.807) is 6.20 Å². The topological polar surface area (TPSA) is 82.6 Å². The molecule has 0 saturated carbocycles. The molecule has 1 aliphatic heterocycles. The maximum absolute atomic E-state index is 12.4. The van der Waals surface area contributed by atoms with Gasteiger partial charge < -0.3 is 10.2 Å². The van der Waals surface area contributed by atoms with Gasteiger partial charge in [-0.15, -0.1) is 0 Å². The summed E-state index contributed by atoms with van der Waals surface area (Å²) in [5, 5.41) is 2.79. The third-order valence-electron chi connectivity index (χ3n) is 4.58. The molecule has 0 unspecified atom stereocenters. The van der Waals surface area contributed by atoms with Crippen molar-refractivity contribution in [2.75, 3.05) is 37.4 Å². The van der Waals surface area contributed by atoms with Crippen LogP contribution in [-0.2, 0) is 10.0 Å². The lowest BCUT2D eigenvalue weighted by molar-refractivity contribution is 0.102. The van der Waals surface area contributed by atoms with Gasteiger partial charge in [0.15, 0.2) is 0 Å². The minimum Gasteiger partial charge on any atom is -0.357 e. The van der Waals surface area contributed by atoms with E-state index in [4.69, 9.17) is 0 Å². The zero-order valence-electron chi connectivity index (χ0n) is 15.6. The van der Waals surface area contributed by atoms with E-state index in [1.807, 2.05) is 12.1 Å². The Bertz CT molecular complexity index is 888. The molecule has 1 saturated heterocycles. The fourth-order valence-electron chi connectivity index (χ4n) is 2.96. The van der Waals surface area contributed by atoms with Crippen molar-refractivity contribution in [3.05, 3.63) is 48.2 Å². The molecule has 1 aromatic carbocycles. The lowest BCUT2D eigenvalue weighted by atomic mass is 10.1. The molecule has 0 aliphatic carbocycles. The van der Waals surface area contributed by atoms with Crippen LogP contribution in [0.5, 0.6) is 0 Å². The first-order valence-electron chi connectivity index (χ1n) is 8.93. The number of amides is 1. The number of nitrogens with zero attached hydrogens (tertiary/aromatic N) is 3. The number of carbonyl (C=O) groups is 1. The van der Waals surface area contributed by atoms with Gasteiger partial charge in [0.2, 0.25) is 10.0 Å². The molecule has 7 nitrogen and oxygen atoms in total. The monoisotopic (exact) mass is 388 g/mol. The molecule has 27 heavy (non-hydrogen) atoms. The van der Waals surface area contributed by atoms with E-state index < -0.39 is 10.0 Å². The lowest BCUT2D eigenvalue weighted by Crippen LogP contribution is -2.30. The summed E-state index contributed by atoms with van der Waals surface area (Å²) in [6.07, 6.45) is 5.27. The Morgan fingerprint density at radius 2 is 1.70 bits per heavy atom. The van der Waals surface area contributed by atoms with E-state index in [0.29, 0.717) is 11.3 Å². The molecular weight excluding hydrogens is 364 g/mol. The highest BCUT2D eigenvalue weighted by molar-refractivity contribution is 7.89. The Morgan fingerprint density at radius 1 is 1.04 bits per heavy atom. The summed E-state index contributed by atoms with van der Waals surface area (Å²) in [4.78, 5) is 19.2.